The van der Waals surface area contributed by atoms with E-state index in [1.165, 1.54) is 0 Å². The van der Waals surface area contributed by atoms with Crippen molar-refractivity contribution in [3.05, 3.63) is 58.1 Å². The number of carbonyl (C=O) groups excluding carboxylic acids is 1. The van der Waals surface area contributed by atoms with Crippen LogP contribution in [-0.2, 0) is 0 Å². The van der Waals surface area contributed by atoms with Gasteiger partial charge >= 0.3 is 0 Å². The van der Waals surface area contributed by atoms with Crippen LogP contribution in [0, 0.1) is 11.3 Å². The van der Waals surface area contributed by atoms with E-state index >= 15 is 0 Å². The molecule has 2 heterocycles. The fraction of sp³-hybridized carbons (Fsp3) is 0.318. The van der Waals surface area contributed by atoms with Crippen molar-refractivity contribution >= 4 is 23.7 Å². The molecule has 0 radical (unpaired) electrons. The summed E-state index contributed by atoms with van der Waals surface area (Å²) in [5.41, 5.74) is 4.67. The molecule has 30 heavy (non-hydrogen) atoms. The first-order valence-corrected chi connectivity index (χ1v) is 10.3. The molecule has 154 valence electrons. The lowest BCUT2D eigenvalue weighted by Crippen LogP contribution is -2.42. The van der Waals surface area contributed by atoms with E-state index in [2.05, 4.69) is 27.2 Å². The van der Waals surface area contributed by atoms with Gasteiger partial charge in [0.1, 0.15) is 17.6 Å². The van der Waals surface area contributed by atoms with Gasteiger partial charge in [-0.05, 0) is 55.8 Å². The number of benzene rings is 2. The zero-order valence-corrected chi connectivity index (χ0v) is 17.1. The number of hydrogen-bond acceptors (Lipinski definition) is 6. The van der Waals surface area contributed by atoms with Crippen LogP contribution in [-0.4, -0.2) is 37.8 Å². The van der Waals surface area contributed by atoms with E-state index < -0.39 is 0 Å². The monoisotopic (exact) mass is 423 g/mol. The van der Waals surface area contributed by atoms with Gasteiger partial charge in [0.25, 0.3) is 5.91 Å². The van der Waals surface area contributed by atoms with Gasteiger partial charge in [0.2, 0.25) is 0 Å². The highest BCUT2D eigenvalue weighted by atomic mass is 35.5. The summed E-state index contributed by atoms with van der Waals surface area (Å²) in [6.07, 6.45) is 3.60. The Kier molecular flexibility index (Phi) is 6.17. The molecule has 0 aliphatic carbocycles. The number of nitrogens with zero attached hydrogens (tertiary/aromatic N) is 2. The molecule has 2 aliphatic heterocycles. The molecule has 1 atom stereocenters. The average Bonchev–Trinajstić information content (AvgIpc) is 3.30. The lowest BCUT2D eigenvalue weighted by atomic mass is 9.95. The van der Waals surface area contributed by atoms with E-state index in [9.17, 15) is 10.1 Å². The minimum Gasteiger partial charge on any atom is -0.454 e. The predicted molar refractivity (Wildman–Crippen MR) is 115 cm³/mol. The van der Waals surface area contributed by atoms with Crippen LogP contribution in [0.15, 0.2) is 41.5 Å². The minimum atomic E-state index is -0.150. The van der Waals surface area contributed by atoms with Crippen molar-refractivity contribution < 1.29 is 9.53 Å². The molecule has 2 aliphatic rings. The molecular weight excluding hydrogens is 402 g/mol. The molecule has 8 heteroatoms. The Morgan fingerprint density at radius 2 is 2.07 bits per heavy atom. The molecule has 7 nitrogen and oxygen atoms in total. The second-order valence-corrected chi connectivity index (χ2v) is 7.73. The van der Waals surface area contributed by atoms with Gasteiger partial charge in [-0.2, -0.15) is 10.4 Å². The Labute approximate surface area is 180 Å². The van der Waals surface area contributed by atoms with Gasteiger partial charge in [-0.15, -0.1) is 0 Å². The molecule has 2 aromatic rings. The number of amides is 1. The van der Waals surface area contributed by atoms with Crippen LogP contribution < -0.4 is 20.8 Å². The lowest BCUT2D eigenvalue weighted by Gasteiger charge is -2.23. The molecule has 0 aromatic heterocycles. The highest BCUT2D eigenvalue weighted by molar-refractivity contribution is 6.32. The molecule has 1 saturated heterocycles. The van der Waals surface area contributed by atoms with E-state index in [1.54, 1.807) is 30.5 Å². The largest absolute Gasteiger partial charge is 0.454 e. The molecule has 3 N–H and O–H groups in total. The summed E-state index contributed by atoms with van der Waals surface area (Å²) in [5.74, 6) is 0.675. The summed E-state index contributed by atoms with van der Waals surface area (Å²) in [6, 6.07) is 12.8. The highest BCUT2D eigenvalue weighted by Gasteiger charge is 2.21. The van der Waals surface area contributed by atoms with Gasteiger partial charge in [-0.25, -0.2) is 0 Å². The fourth-order valence-corrected chi connectivity index (χ4v) is 3.90. The van der Waals surface area contributed by atoms with Gasteiger partial charge in [0.15, 0.2) is 0 Å². The third-order valence-corrected chi connectivity index (χ3v) is 5.61. The zero-order valence-electron chi connectivity index (χ0n) is 16.3. The fourth-order valence-electron chi connectivity index (χ4n) is 3.68. The van der Waals surface area contributed by atoms with Crippen LogP contribution in [0.5, 0.6) is 11.5 Å². The molecular formula is C22H22ClN5O2. The average molecular weight is 424 g/mol. The van der Waals surface area contributed by atoms with Gasteiger partial charge in [-0.3, -0.25) is 4.79 Å². The number of hydrogen-bond donors (Lipinski definition) is 3. The van der Waals surface area contributed by atoms with Crippen molar-refractivity contribution in [3.8, 4) is 17.6 Å². The maximum absolute atomic E-state index is 12.5. The molecule has 1 unspecified atom stereocenters. The second-order valence-electron chi connectivity index (χ2n) is 7.32. The number of hydrazone groups is 1. The maximum Gasteiger partial charge on any atom is 0.251 e. The summed E-state index contributed by atoms with van der Waals surface area (Å²) >= 11 is 6.40. The highest BCUT2D eigenvalue weighted by Crippen LogP contribution is 2.34. The zero-order chi connectivity index (χ0) is 20.9. The van der Waals surface area contributed by atoms with E-state index in [-0.39, 0.29) is 17.9 Å². The molecule has 1 fully saturated rings. The Bertz CT molecular complexity index is 1010. The number of halogens is 1. The molecule has 2 aromatic carbocycles. The maximum atomic E-state index is 12.5. The van der Waals surface area contributed by atoms with Crippen LogP contribution in [0.3, 0.4) is 0 Å². The Morgan fingerprint density at radius 1 is 1.23 bits per heavy atom. The first kappa shape index (κ1) is 20.2. The summed E-state index contributed by atoms with van der Waals surface area (Å²) < 4.78 is 5.96. The first-order valence-electron chi connectivity index (χ1n) is 9.93. The minimum absolute atomic E-state index is 0.0136. The van der Waals surface area contributed by atoms with Crippen LogP contribution >= 0.6 is 11.6 Å². The van der Waals surface area contributed by atoms with Gasteiger partial charge in [-0.1, -0.05) is 23.7 Å². The summed E-state index contributed by atoms with van der Waals surface area (Å²) in [5, 5.41) is 20.4. The standard InChI is InChI=1S/C22H22ClN5O2/c23-19-10-14(22(29)28-16-6-8-25-9-7-16)4-5-21(19)30-20-3-1-2-17(18(20)11-24)15-12-26-27-13-15/h1-5,10,12,15-16,25,27H,6-9,13H2,(H,28,29). The van der Waals surface area contributed by atoms with Crippen molar-refractivity contribution in [1.82, 2.24) is 16.1 Å². The SMILES string of the molecule is N#Cc1c(Oc2ccc(C(=O)NC3CCNCC3)cc2Cl)cccc1C1C=NNC1. The molecule has 0 spiro atoms. The third kappa shape index (κ3) is 4.40. The van der Waals surface area contributed by atoms with Gasteiger partial charge in [0.05, 0.1) is 10.6 Å². The van der Waals surface area contributed by atoms with Crippen molar-refractivity contribution in [2.75, 3.05) is 19.6 Å². The summed E-state index contributed by atoms with van der Waals surface area (Å²) in [6.45, 7) is 2.45. The summed E-state index contributed by atoms with van der Waals surface area (Å²) in [4.78, 5) is 12.5. The lowest BCUT2D eigenvalue weighted by molar-refractivity contribution is 0.0929. The smallest absolute Gasteiger partial charge is 0.251 e. The van der Waals surface area contributed by atoms with Crippen LogP contribution in [0.2, 0.25) is 5.02 Å². The van der Waals surface area contributed by atoms with Crippen molar-refractivity contribution in [1.29, 1.82) is 5.26 Å². The van der Waals surface area contributed by atoms with Gasteiger partial charge < -0.3 is 20.8 Å². The Hall–Kier alpha value is -3.08. The molecule has 1 amide bonds. The van der Waals surface area contributed by atoms with Crippen LogP contribution in [0.4, 0.5) is 0 Å². The Morgan fingerprint density at radius 3 is 2.77 bits per heavy atom. The molecule has 4 rings (SSSR count). The predicted octanol–water partition coefficient (Wildman–Crippen LogP) is 3.16. The number of nitriles is 1. The number of ether oxygens (including phenoxy) is 1. The van der Waals surface area contributed by atoms with E-state index in [0.717, 1.165) is 31.5 Å². The van der Waals surface area contributed by atoms with Crippen LogP contribution in [0.25, 0.3) is 0 Å². The molecule has 0 bridgehead atoms. The summed E-state index contributed by atoms with van der Waals surface area (Å²) in [7, 11) is 0. The van der Waals surface area contributed by atoms with Crippen molar-refractivity contribution in [2.24, 2.45) is 5.10 Å². The number of piperidine rings is 1. The van der Waals surface area contributed by atoms with E-state index in [1.807, 2.05) is 12.1 Å². The third-order valence-electron chi connectivity index (χ3n) is 5.32. The quantitative estimate of drug-likeness (QED) is 0.686. The van der Waals surface area contributed by atoms with Gasteiger partial charge in [0, 0.05) is 30.3 Å². The van der Waals surface area contributed by atoms with Crippen molar-refractivity contribution in [2.45, 2.75) is 24.8 Å². The topological polar surface area (TPSA) is 98.5 Å². The second kappa shape index (κ2) is 9.16. The number of carbonyl (C=O) groups is 1. The number of nitrogens with one attached hydrogen (secondary N) is 3. The Balaban J connectivity index is 1.51. The van der Waals surface area contributed by atoms with E-state index in [4.69, 9.17) is 16.3 Å². The van der Waals surface area contributed by atoms with Crippen LogP contribution in [0.1, 0.15) is 40.2 Å². The number of rotatable bonds is 5. The van der Waals surface area contributed by atoms with Crippen molar-refractivity contribution in [3.63, 3.8) is 0 Å². The molecule has 0 saturated carbocycles. The van der Waals surface area contributed by atoms with E-state index in [0.29, 0.717) is 34.2 Å². The normalized spacial score (nSPS) is 18.5. The first-order chi connectivity index (χ1) is 14.7.